The van der Waals surface area contributed by atoms with Gasteiger partial charge in [0.15, 0.2) is 0 Å². The minimum absolute atomic E-state index is 0.237. The maximum Gasteiger partial charge on any atom is 0.220 e. The number of benzene rings is 1. The lowest BCUT2D eigenvalue weighted by atomic mass is 9.92. The first-order valence-corrected chi connectivity index (χ1v) is 12.0. The molecule has 31 heavy (non-hydrogen) atoms. The molecular weight excluding hydrogens is 386 g/mol. The van der Waals surface area contributed by atoms with Crippen molar-refractivity contribution in [3.63, 3.8) is 0 Å². The zero-order valence-electron chi connectivity index (χ0n) is 18.9. The van der Waals surface area contributed by atoms with E-state index in [1.54, 1.807) is 0 Å². The lowest BCUT2D eigenvalue weighted by molar-refractivity contribution is -0.121. The molecule has 6 heteroatoms. The SMILES string of the molecule is CCN1CCC[C@H]1CNC(=O)CCC1CCN(Cc2cccc(-n3cccn3)c2)CC1. The van der Waals surface area contributed by atoms with Gasteiger partial charge in [-0.15, -0.1) is 0 Å². The minimum Gasteiger partial charge on any atom is -0.355 e. The van der Waals surface area contributed by atoms with Gasteiger partial charge in [-0.05, 0) is 88.0 Å². The van der Waals surface area contributed by atoms with Crippen molar-refractivity contribution in [2.75, 3.05) is 32.7 Å². The zero-order chi connectivity index (χ0) is 21.5. The lowest BCUT2D eigenvalue weighted by Crippen LogP contribution is -2.40. The highest BCUT2D eigenvalue weighted by Crippen LogP contribution is 2.23. The fourth-order valence-corrected chi connectivity index (χ4v) is 5.11. The summed E-state index contributed by atoms with van der Waals surface area (Å²) < 4.78 is 1.91. The number of rotatable bonds is 9. The highest BCUT2D eigenvalue weighted by Gasteiger charge is 2.24. The fourth-order valence-electron chi connectivity index (χ4n) is 5.11. The first-order chi connectivity index (χ1) is 15.2. The van der Waals surface area contributed by atoms with Crippen LogP contribution in [0.25, 0.3) is 5.69 Å². The van der Waals surface area contributed by atoms with Crippen molar-refractivity contribution in [3.8, 4) is 5.69 Å². The lowest BCUT2D eigenvalue weighted by Gasteiger charge is -2.32. The third kappa shape index (κ3) is 6.17. The van der Waals surface area contributed by atoms with Crippen molar-refractivity contribution in [3.05, 3.63) is 48.3 Å². The van der Waals surface area contributed by atoms with Gasteiger partial charge in [0.05, 0.1) is 5.69 Å². The summed E-state index contributed by atoms with van der Waals surface area (Å²) in [6, 6.07) is 11.1. The van der Waals surface area contributed by atoms with Crippen molar-refractivity contribution >= 4 is 5.91 Å². The molecule has 1 aromatic heterocycles. The van der Waals surface area contributed by atoms with Crippen LogP contribution < -0.4 is 5.32 Å². The third-order valence-corrected chi connectivity index (χ3v) is 7.01. The van der Waals surface area contributed by atoms with E-state index in [0.717, 1.165) is 44.8 Å². The number of nitrogens with zero attached hydrogens (tertiary/aromatic N) is 4. The molecule has 0 unspecified atom stereocenters. The summed E-state index contributed by atoms with van der Waals surface area (Å²) in [6.45, 7) is 8.52. The summed E-state index contributed by atoms with van der Waals surface area (Å²) in [6.07, 6.45) is 10.4. The predicted molar refractivity (Wildman–Crippen MR) is 124 cm³/mol. The number of nitrogens with one attached hydrogen (secondary N) is 1. The quantitative estimate of drug-likeness (QED) is 0.671. The molecule has 2 aromatic rings. The zero-order valence-corrected chi connectivity index (χ0v) is 18.9. The molecule has 1 aromatic carbocycles. The molecule has 3 heterocycles. The van der Waals surface area contributed by atoms with Crippen LogP contribution in [0.15, 0.2) is 42.7 Å². The molecule has 6 nitrogen and oxygen atoms in total. The third-order valence-electron chi connectivity index (χ3n) is 7.01. The second kappa shape index (κ2) is 10.9. The molecule has 2 aliphatic heterocycles. The van der Waals surface area contributed by atoms with Crippen LogP contribution in [0.1, 0.15) is 51.0 Å². The molecule has 0 spiro atoms. The van der Waals surface area contributed by atoms with E-state index in [1.807, 2.05) is 23.1 Å². The maximum absolute atomic E-state index is 12.3. The Morgan fingerprint density at radius 2 is 2.03 bits per heavy atom. The first kappa shape index (κ1) is 22.0. The van der Waals surface area contributed by atoms with E-state index < -0.39 is 0 Å². The summed E-state index contributed by atoms with van der Waals surface area (Å²) in [5, 5.41) is 7.52. The number of likely N-dealkylation sites (N-methyl/N-ethyl adjacent to an activating group) is 1. The Hall–Kier alpha value is -2.18. The highest BCUT2D eigenvalue weighted by molar-refractivity contribution is 5.75. The molecule has 2 fully saturated rings. The van der Waals surface area contributed by atoms with Crippen molar-refractivity contribution in [2.24, 2.45) is 5.92 Å². The Morgan fingerprint density at radius 1 is 1.16 bits per heavy atom. The van der Waals surface area contributed by atoms with Crippen LogP contribution >= 0.6 is 0 Å². The van der Waals surface area contributed by atoms with Gasteiger partial charge in [0, 0.05) is 37.9 Å². The molecule has 0 bridgehead atoms. The Morgan fingerprint density at radius 3 is 2.81 bits per heavy atom. The fraction of sp³-hybridized carbons (Fsp3) is 0.600. The summed E-state index contributed by atoms with van der Waals surface area (Å²) in [7, 11) is 0. The molecule has 168 valence electrons. The first-order valence-electron chi connectivity index (χ1n) is 12.0. The molecule has 0 radical (unpaired) electrons. The molecule has 0 saturated carbocycles. The van der Waals surface area contributed by atoms with E-state index in [0.29, 0.717) is 18.4 Å². The largest absolute Gasteiger partial charge is 0.355 e. The van der Waals surface area contributed by atoms with E-state index in [-0.39, 0.29) is 5.91 Å². The summed E-state index contributed by atoms with van der Waals surface area (Å²) in [5.74, 6) is 0.914. The van der Waals surface area contributed by atoms with Crippen molar-refractivity contribution < 1.29 is 4.79 Å². The molecule has 1 amide bonds. The van der Waals surface area contributed by atoms with Gasteiger partial charge in [-0.3, -0.25) is 14.6 Å². The highest BCUT2D eigenvalue weighted by atomic mass is 16.1. The molecule has 4 rings (SSSR count). The number of hydrogen-bond acceptors (Lipinski definition) is 4. The second-order valence-electron chi connectivity index (χ2n) is 9.11. The van der Waals surface area contributed by atoms with Gasteiger partial charge in [-0.25, -0.2) is 4.68 Å². The maximum atomic E-state index is 12.3. The van der Waals surface area contributed by atoms with E-state index >= 15 is 0 Å². The van der Waals surface area contributed by atoms with Gasteiger partial charge >= 0.3 is 0 Å². The normalized spacial score (nSPS) is 20.9. The molecule has 1 N–H and O–H groups in total. The number of piperidine rings is 1. The summed E-state index contributed by atoms with van der Waals surface area (Å²) in [4.78, 5) is 17.4. The van der Waals surface area contributed by atoms with Crippen molar-refractivity contribution in [1.82, 2.24) is 24.9 Å². The van der Waals surface area contributed by atoms with Gasteiger partial charge in [0.1, 0.15) is 0 Å². The van der Waals surface area contributed by atoms with Crippen molar-refractivity contribution in [1.29, 1.82) is 0 Å². The molecule has 2 saturated heterocycles. The van der Waals surface area contributed by atoms with Crippen LogP contribution in [0.4, 0.5) is 0 Å². The Balaban J connectivity index is 1.15. The molecular formula is C25H37N5O. The number of aromatic nitrogens is 2. The smallest absolute Gasteiger partial charge is 0.220 e. The van der Waals surface area contributed by atoms with Crippen LogP contribution in [0, 0.1) is 5.92 Å². The number of amides is 1. The number of carbonyl (C=O) groups is 1. The second-order valence-corrected chi connectivity index (χ2v) is 9.11. The number of likely N-dealkylation sites (tertiary alicyclic amines) is 2. The van der Waals surface area contributed by atoms with Crippen LogP contribution in [0.2, 0.25) is 0 Å². The topological polar surface area (TPSA) is 53.4 Å². The summed E-state index contributed by atoms with van der Waals surface area (Å²) >= 11 is 0. The van der Waals surface area contributed by atoms with Crippen LogP contribution in [0.5, 0.6) is 0 Å². The van der Waals surface area contributed by atoms with E-state index in [2.05, 4.69) is 51.4 Å². The predicted octanol–water partition coefficient (Wildman–Crippen LogP) is 3.47. The van der Waals surface area contributed by atoms with Gasteiger partial charge in [-0.2, -0.15) is 5.10 Å². The molecule has 0 aliphatic carbocycles. The number of hydrogen-bond donors (Lipinski definition) is 1. The Labute approximate surface area is 186 Å². The van der Waals surface area contributed by atoms with E-state index in [4.69, 9.17) is 0 Å². The van der Waals surface area contributed by atoms with Crippen LogP contribution in [0.3, 0.4) is 0 Å². The van der Waals surface area contributed by atoms with Gasteiger partial charge < -0.3 is 5.32 Å². The van der Waals surface area contributed by atoms with Crippen LogP contribution in [-0.2, 0) is 11.3 Å². The monoisotopic (exact) mass is 423 g/mol. The van der Waals surface area contributed by atoms with E-state index in [9.17, 15) is 4.79 Å². The average molecular weight is 424 g/mol. The van der Waals surface area contributed by atoms with Crippen molar-refractivity contribution in [2.45, 2.75) is 58.0 Å². The summed E-state index contributed by atoms with van der Waals surface area (Å²) in [5.41, 5.74) is 2.45. The van der Waals surface area contributed by atoms with Gasteiger partial charge in [0.25, 0.3) is 0 Å². The minimum atomic E-state index is 0.237. The van der Waals surface area contributed by atoms with E-state index in [1.165, 1.54) is 37.8 Å². The standard InChI is InChI=1S/C25H37N5O/c1-2-29-14-4-8-24(29)19-26-25(31)10-9-21-11-16-28(17-12-21)20-22-6-3-7-23(18-22)30-15-5-13-27-30/h3,5-7,13,15,18,21,24H,2,4,8-12,14,16-17,19-20H2,1H3,(H,26,31)/t24-/m0/s1. The van der Waals surface area contributed by atoms with Gasteiger partial charge in [0.2, 0.25) is 5.91 Å². The van der Waals surface area contributed by atoms with Gasteiger partial charge in [-0.1, -0.05) is 19.1 Å². The molecule has 2 aliphatic rings. The Bertz CT molecular complexity index is 813. The number of carbonyl (C=O) groups excluding carboxylic acids is 1. The van der Waals surface area contributed by atoms with Crippen LogP contribution in [-0.4, -0.2) is 64.3 Å². The molecule has 1 atom stereocenters. The Kier molecular flexibility index (Phi) is 7.76. The average Bonchev–Trinajstić information content (AvgIpc) is 3.49.